The van der Waals surface area contributed by atoms with E-state index in [1.807, 2.05) is 37.3 Å². The summed E-state index contributed by atoms with van der Waals surface area (Å²) < 4.78 is 5.24. The van der Waals surface area contributed by atoms with Gasteiger partial charge in [0.1, 0.15) is 11.5 Å². The molecule has 6 nitrogen and oxygen atoms in total. The van der Waals surface area contributed by atoms with Crippen molar-refractivity contribution in [3.63, 3.8) is 0 Å². The van der Waals surface area contributed by atoms with Gasteiger partial charge in [0.15, 0.2) is 0 Å². The smallest absolute Gasteiger partial charge is 0.295 e. The van der Waals surface area contributed by atoms with Gasteiger partial charge in [0.05, 0.1) is 39.4 Å². The molecular formula is C24H29N2O4+. The minimum absolute atomic E-state index is 0.136. The average molecular weight is 410 g/mol. The number of nitrogens with one attached hydrogen (secondary N) is 1. The van der Waals surface area contributed by atoms with Gasteiger partial charge in [0, 0.05) is 18.5 Å². The molecule has 1 saturated heterocycles. The van der Waals surface area contributed by atoms with E-state index in [4.69, 9.17) is 4.74 Å². The predicted octanol–water partition coefficient (Wildman–Crippen LogP) is 1.96. The minimum atomic E-state index is -0.645. The van der Waals surface area contributed by atoms with Crippen LogP contribution < -0.4 is 9.64 Å². The predicted molar refractivity (Wildman–Crippen MR) is 115 cm³/mol. The van der Waals surface area contributed by atoms with Gasteiger partial charge in [-0.1, -0.05) is 30.3 Å². The molecule has 1 aliphatic rings. The van der Waals surface area contributed by atoms with Gasteiger partial charge in [-0.2, -0.15) is 0 Å². The maximum Gasteiger partial charge on any atom is 0.295 e. The fraction of sp³-hybridized carbons (Fsp3) is 0.333. The summed E-state index contributed by atoms with van der Waals surface area (Å²) in [5, 5.41) is 11.2. The third-order valence-electron chi connectivity index (χ3n) is 5.42. The number of rotatable bonds is 7. The van der Waals surface area contributed by atoms with Gasteiger partial charge in [-0.15, -0.1) is 0 Å². The number of quaternary nitrogens is 1. The van der Waals surface area contributed by atoms with E-state index in [-0.39, 0.29) is 11.3 Å². The summed E-state index contributed by atoms with van der Waals surface area (Å²) >= 11 is 0. The molecule has 1 fully saturated rings. The first-order chi connectivity index (χ1) is 14.3. The Labute approximate surface area is 177 Å². The fourth-order valence-corrected chi connectivity index (χ4v) is 3.87. The number of hydrogen-bond donors (Lipinski definition) is 2. The van der Waals surface area contributed by atoms with Crippen molar-refractivity contribution in [3.05, 3.63) is 70.8 Å². The number of nitrogens with zero attached hydrogens (tertiary/aromatic N) is 1. The lowest BCUT2D eigenvalue weighted by atomic mass is 9.94. The Balaban J connectivity index is 2.09. The number of amides is 1. The number of aryl methyl sites for hydroxylation is 1. The largest absolute Gasteiger partial charge is 0.507 e. The number of likely N-dealkylation sites (tertiary alicyclic amines) is 1. The Hall–Kier alpha value is -3.12. The van der Waals surface area contributed by atoms with E-state index in [1.165, 1.54) is 4.90 Å². The summed E-state index contributed by atoms with van der Waals surface area (Å²) in [6.07, 6.45) is 0.764. The van der Waals surface area contributed by atoms with Gasteiger partial charge in [0.2, 0.25) is 0 Å². The summed E-state index contributed by atoms with van der Waals surface area (Å²) in [7, 11) is 5.68. The van der Waals surface area contributed by atoms with Gasteiger partial charge in [0.25, 0.3) is 11.7 Å². The maximum absolute atomic E-state index is 13.0. The number of carbonyl (C=O) groups excluding carboxylic acids is 2. The number of aliphatic hydroxyl groups excluding tert-OH is 1. The molecule has 2 aromatic carbocycles. The molecule has 3 rings (SSSR count). The van der Waals surface area contributed by atoms with Crippen molar-refractivity contribution in [1.82, 2.24) is 4.90 Å². The zero-order valence-corrected chi connectivity index (χ0v) is 17.9. The molecule has 0 bridgehead atoms. The number of benzene rings is 2. The molecule has 1 heterocycles. The standard InChI is InChI=1S/C24H28N2O4/c1-16-15-18(30-4)11-12-19(16)22(27)20-21(17-9-6-5-7-10-17)26(24(29)23(20)28)14-8-13-25(2)3/h5-7,9-12,15,21,27H,8,13-14H2,1-4H3/p+1/t21-/m0/s1. The quantitative estimate of drug-likeness (QED) is 0.417. The van der Waals surface area contributed by atoms with Crippen molar-refractivity contribution in [2.75, 3.05) is 34.3 Å². The van der Waals surface area contributed by atoms with Crippen LogP contribution in [0.5, 0.6) is 5.75 Å². The van der Waals surface area contributed by atoms with Gasteiger partial charge < -0.3 is 19.6 Å². The Bertz CT molecular complexity index is 966. The first kappa shape index (κ1) is 21.6. The molecule has 0 unspecified atom stereocenters. The van der Waals surface area contributed by atoms with Crippen LogP contribution in [0.2, 0.25) is 0 Å². The average Bonchev–Trinajstić information content (AvgIpc) is 2.98. The molecule has 1 amide bonds. The normalized spacial score (nSPS) is 18.3. The Morgan fingerprint density at radius 2 is 1.83 bits per heavy atom. The van der Waals surface area contributed by atoms with Crippen molar-refractivity contribution in [1.29, 1.82) is 0 Å². The van der Waals surface area contributed by atoms with Gasteiger partial charge >= 0.3 is 0 Å². The Kier molecular flexibility index (Phi) is 6.57. The molecule has 0 radical (unpaired) electrons. The number of carbonyl (C=O) groups is 2. The van der Waals surface area contributed by atoms with Crippen LogP contribution in [0.25, 0.3) is 5.76 Å². The third-order valence-corrected chi connectivity index (χ3v) is 5.42. The molecule has 0 aromatic heterocycles. The summed E-state index contributed by atoms with van der Waals surface area (Å²) in [6, 6.07) is 14.0. The van der Waals surface area contributed by atoms with Crippen LogP contribution >= 0.6 is 0 Å². The second-order valence-corrected chi connectivity index (χ2v) is 7.89. The summed E-state index contributed by atoms with van der Waals surface area (Å²) in [5.74, 6) is -0.697. The summed E-state index contributed by atoms with van der Waals surface area (Å²) in [6.45, 7) is 3.17. The summed E-state index contributed by atoms with van der Waals surface area (Å²) in [5.41, 5.74) is 2.23. The molecule has 2 N–H and O–H groups in total. The van der Waals surface area contributed by atoms with Crippen molar-refractivity contribution in [3.8, 4) is 5.75 Å². The van der Waals surface area contributed by atoms with E-state index in [2.05, 4.69) is 14.1 Å². The second-order valence-electron chi connectivity index (χ2n) is 7.89. The highest BCUT2D eigenvalue weighted by Crippen LogP contribution is 2.40. The van der Waals surface area contributed by atoms with Crippen LogP contribution in [0.3, 0.4) is 0 Å². The van der Waals surface area contributed by atoms with Gasteiger partial charge in [-0.05, 0) is 36.2 Å². The Morgan fingerprint density at radius 1 is 1.13 bits per heavy atom. The lowest BCUT2D eigenvalue weighted by molar-refractivity contribution is -0.858. The number of ketones is 1. The zero-order valence-electron chi connectivity index (χ0n) is 17.9. The van der Waals surface area contributed by atoms with E-state index in [0.29, 0.717) is 17.9 Å². The van der Waals surface area contributed by atoms with Crippen molar-refractivity contribution < 1.29 is 24.3 Å². The molecule has 0 saturated carbocycles. The van der Waals surface area contributed by atoms with Crippen LogP contribution in [0.4, 0.5) is 0 Å². The molecule has 1 aliphatic heterocycles. The number of methoxy groups -OCH3 is 1. The highest BCUT2D eigenvalue weighted by molar-refractivity contribution is 6.46. The topological polar surface area (TPSA) is 71.3 Å². The monoisotopic (exact) mass is 409 g/mol. The van der Waals surface area contributed by atoms with Gasteiger partial charge in [-0.3, -0.25) is 9.59 Å². The van der Waals surface area contributed by atoms with Crippen LogP contribution in [0, 0.1) is 6.92 Å². The molecule has 0 aliphatic carbocycles. The van der Waals surface area contributed by atoms with Crippen LogP contribution in [0.15, 0.2) is 54.1 Å². The first-order valence-corrected chi connectivity index (χ1v) is 10.1. The second kappa shape index (κ2) is 9.13. The van der Waals surface area contributed by atoms with Crippen molar-refractivity contribution in [2.24, 2.45) is 0 Å². The van der Waals surface area contributed by atoms with E-state index in [0.717, 1.165) is 24.1 Å². The summed E-state index contributed by atoms with van der Waals surface area (Å²) in [4.78, 5) is 28.8. The molecule has 6 heteroatoms. The van der Waals surface area contributed by atoms with Gasteiger partial charge in [-0.25, -0.2) is 0 Å². The Morgan fingerprint density at radius 3 is 2.43 bits per heavy atom. The van der Waals surface area contributed by atoms with Crippen LogP contribution in [-0.2, 0) is 9.59 Å². The van der Waals surface area contributed by atoms with Crippen molar-refractivity contribution >= 4 is 17.4 Å². The van der Waals surface area contributed by atoms with E-state index < -0.39 is 17.7 Å². The number of aliphatic hydroxyl groups is 1. The van der Waals surface area contributed by atoms with Crippen LogP contribution in [0.1, 0.15) is 29.2 Å². The first-order valence-electron chi connectivity index (χ1n) is 10.1. The lowest BCUT2D eigenvalue weighted by Crippen LogP contribution is -3.05. The van der Waals surface area contributed by atoms with Crippen molar-refractivity contribution in [2.45, 2.75) is 19.4 Å². The number of ether oxygens (including phenoxy) is 1. The zero-order chi connectivity index (χ0) is 21.8. The lowest BCUT2D eigenvalue weighted by Gasteiger charge is -2.25. The molecule has 30 heavy (non-hydrogen) atoms. The fourth-order valence-electron chi connectivity index (χ4n) is 3.87. The molecule has 1 atom stereocenters. The molecule has 2 aromatic rings. The van der Waals surface area contributed by atoms with Crippen LogP contribution in [-0.4, -0.2) is 56.0 Å². The highest BCUT2D eigenvalue weighted by Gasteiger charge is 2.45. The van der Waals surface area contributed by atoms with E-state index >= 15 is 0 Å². The minimum Gasteiger partial charge on any atom is -0.507 e. The number of Topliss-reactive ketones (excluding diaryl/α,β-unsaturated/α-hetero) is 1. The maximum atomic E-state index is 13.0. The molecular weight excluding hydrogens is 380 g/mol. The molecule has 158 valence electrons. The number of hydrogen-bond acceptors (Lipinski definition) is 4. The van der Waals surface area contributed by atoms with E-state index in [9.17, 15) is 14.7 Å². The SMILES string of the molecule is COc1ccc(C(O)=C2C(=O)C(=O)N(CCC[NH+](C)C)[C@H]2c2ccccc2)c(C)c1. The molecule has 0 spiro atoms. The third kappa shape index (κ3) is 4.24. The highest BCUT2D eigenvalue weighted by atomic mass is 16.5. The van der Waals surface area contributed by atoms with E-state index in [1.54, 1.807) is 30.2 Å².